The lowest BCUT2D eigenvalue weighted by Crippen LogP contribution is -2.27. The third-order valence-electron chi connectivity index (χ3n) is 6.32. The second-order valence-electron chi connectivity index (χ2n) is 8.80. The van der Waals surface area contributed by atoms with Crippen LogP contribution in [0.5, 0.6) is 5.75 Å². The summed E-state index contributed by atoms with van der Waals surface area (Å²) in [5.41, 5.74) is 9.74. The normalized spacial score (nSPS) is 13.7. The van der Waals surface area contributed by atoms with E-state index in [1.165, 1.54) is 10.6 Å². The van der Waals surface area contributed by atoms with Crippen LogP contribution in [0.15, 0.2) is 55.4 Å². The number of phenols is 1. The summed E-state index contributed by atoms with van der Waals surface area (Å²) in [6.07, 6.45) is 13.4. The number of pyridine rings is 1. The van der Waals surface area contributed by atoms with Crippen molar-refractivity contribution in [3.05, 3.63) is 81.9 Å². The number of unbranched alkanes of at least 4 members (excludes halogenated alkanes) is 1. The van der Waals surface area contributed by atoms with Crippen molar-refractivity contribution in [2.24, 2.45) is 5.73 Å². The summed E-state index contributed by atoms with van der Waals surface area (Å²) < 4.78 is 0. The van der Waals surface area contributed by atoms with Gasteiger partial charge in [-0.1, -0.05) is 24.8 Å². The number of nitrogens with one attached hydrogen (secondary N) is 2. The maximum atomic E-state index is 10.4. The molecule has 0 aliphatic heterocycles. The lowest BCUT2D eigenvalue weighted by molar-refractivity contribution is 0.474. The fraction of sp³-hybridized carbons (Fsp3) is 0.250. The zero-order valence-electron chi connectivity index (χ0n) is 19.2. The zero-order chi connectivity index (χ0) is 23.5. The van der Waals surface area contributed by atoms with Crippen LogP contribution in [0.2, 0.25) is 0 Å². The van der Waals surface area contributed by atoms with E-state index in [0.717, 1.165) is 69.6 Å². The van der Waals surface area contributed by atoms with Gasteiger partial charge in [-0.05, 0) is 74.1 Å². The van der Waals surface area contributed by atoms with Gasteiger partial charge in [0, 0.05) is 50.5 Å². The number of aromatic amines is 1. The van der Waals surface area contributed by atoms with Gasteiger partial charge < -0.3 is 21.1 Å². The van der Waals surface area contributed by atoms with Gasteiger partial charge in [0.05, 0.1) is 6.04 Å². The van der Waals surface area contributed by atoms with Crippen molar-refractivity contribution in [3.8, 4) is 5.75 Å². The summed E-state index contributed by atoms with van der Waals surface area (Å²) in [6.45, 7) is 5.23. The van der Waals surface area contributed by atoms with Crippen molar-refractivity contribution >= 4 is 45.0 Å². The van der Waals surface area contributed by atoms with Crippen LogP contribution in [0.25, 0.3) is 27.9 Å². The highest BCUT2D eigenvalue weighted by Crippen LogP contribution is 2.37. The van der Waals surface area contributed by atoms with E-state index in [-0.39, 0.29) is 11.8 Å². The van der Waals surface area contributed by atoms with Crippen LogP contribution in [0.1, 0.15) is 47.7 Å². The number of H-pyrrole nitrogens is 1. The Morgan fingerprint density at radius 3 is 2.94 bits per heavy atom. The van der Waals surface area contributed by atoms with Crippen LogP contribution in [0.3, 0.4) is 0 Å². The molecule has 1 atom stereocenters. The topological polar surface area (TPSA) is 87.0 Å². The maximum absolute atomic E-state index is 10.4. The number of hydrogen-bond acceptors (Lipinski definition) is 5. The minimum absolute atomic E-state index is 0.159. The number of phenolic OH excluding ortho intramolecular Hbond substituents is 1. The summed E-state index contributed by atoms with van der Waals surface area (Å²) in [6, 6.07) is 11.8. The number of hydrogen-bond donors (Lipinski definition) is 4. The molecule has 5 nitrogen and oxygen atoms in total. The molecule has 0 amide bonds. The SMILES string of the molecule is C=C(c1c[nH]c2c1=CCCC=2)C(Nc1cc(O)cc(CCCCN)c1)c1cc2cccnc2s1. The fourth-order valence-electron chi connectivity index (χ4n) is 4.62. The first-order valence-corrected chi connectivity index (χ1v) is 12.6. The Kier molecular flexibility index (Phi) is 6.52. The number of aromatic hydroxyl groups is 1. The molecule has 3 aromatic heterocycles. The van der Waals surface area contributed by atoms with E-state index >= 15 is 0 Å². The van der Waals surface area contributed by atoms with E-state index in [0.29, 0.717) is 6.54 Å². The number of rotatable bonds is 9. The molecular formula is C28H30N4OS. The molecule has 34 heavy (non-hydrogen) atoms. The first kappa shape index (κ1) is 22.4. The standard InChI is InChI=1S/C28H30N4OS/c1-18(24-17-31-25-10-3-2-9-23(24)25)27(26-15-20-8-6-12-30-28(20)34-26)32-21-13-19(7-4-5-11-29)14-22(33)16-21/h6,8-10,12-17,27,31-33H,1-5,7,11,29H2. The molecule has 6 heteroatoms. The van der Waals surface area contributed by atoms with Gasteiger partial charge in [-0.3, -0.25) is 0 Å². The Morgan fingerprint density at radius 1 is 1.21 bits per heavy atom. The lowest BCUT2D eigenvalue weighted by atomic mass is 9.97. The Morgan fingerprint density at radius 2 is 2.09 bits per heavy atom. The fourth-order valence-corrected chi connectivity index (χ4v) is 5.71. The van der Waals surface area contributed by atoms with Crippen molar-refractivity contribution in [1.82, 2.24) is 9.97 Å². The van der Waals surface area contributed by atoms with Gasteiger partial charge in [-0.2, -0.15) is 0 Å². The Balaban J connectivity index is 1.54. The van der Waals surface area contributed by atoms with Gasteiger partial charge in [0.1, 0.15) is 10.6 Å². The van der Waals surface area contributed by atoms with Crippen LogP contribution in [-0.4, -0.2) is 21.6 Å². The first-order chi connectivity index (χ1) is 16.6. The summed E-state index contributed by atoms with van der Waals surface area (Å²) in [7, 11) is 0. The lowest BCUT2D eigenvalue weighted by Gasteiger charge is -2.22. The van der Waals surface area contributed by atoms with E-state index in [2.05, 4.69) is 58.4 Å². The molecule has 0 radical (unpaired) electrons. The van der Waals surface area contributed by atoms with Crippen LogP contribution in [0.4, 0.5) is 5.69 Å². The van der Waals surface area contributed by atoms with Gasteiger partial charge in [-0.25, -0.2) is 4.98 Å². The highest BCUT2D eigenvalue weighted by Gasteiger charge is 2.22. The maximum Gasteiger partial charge on any atom is 0.123 e. The molecule has 4 aromatic rings. The molecule has 1 unspecified atom stereocenters. The summed E-state index contributed by atoms with van der Waals surface area (Å²) in [5, 5.41) is 17.6. The average molecular weight is 471 g/mol. The molecule has 1 aliphatic carbocycles. The smallest absolute Gasteiger partial charge is 0.123 e. The highest BCUT2D eigenvalue weighted by atomic mass is 32.1. The molecular weight excluding hydrogens is 440 g/mol. The van der Waals surface area contributed by atoms with Crippen molar-refractivity contribution in [2.75, 3.05) is 11.9 Å². The third kappa shape index (κ3) is 4.65. The second-order valence-corrected chi connectivity index (χ2v) is 9.86. The van der Waals surface area contributed by atoms with Crippen molar-refractivity contribution in [1.29, 1.82) is 0 Å². The number of benzene rings is 1. The molecule has 1 aromatic carbocycles. The molecule has 5 rings (SSSR count). The number of fused-ring (bicyclic) bond motifs is 2. The molecule has 0 saturated carbocycles. The predicted octanol–water partition coefficient (Wildman–Crippen LogP) is 4.83. The van der Waals surface area contributed by atoms with E-state index in [9.17, 15) is 5.11 Å². The summed E-state index contributed by atoms with van der Waals surface area (Å²) >= 11 is 1.67. The van der Waals surface area contributed by atoms with Crippen LogP contribution < -0.4 is 21.6 Å². The van der Waals surface area contributed by atoms with Crippen LogP contribution in [-0.2, 0) is 6.42 Å². The van der Waals surface area contributed by atoms with Gasteiger partial charge in [0.15, 0.2) is 0 Å². The zero-order valence-corrected chi connectivity index (χ0v) is 20.0. The van der Waals surface area contributed by atoms with E-state index < -0.39 is 0 Å². The van der Waals surface area contributed by atoms with Gasteiger partial charge in [0.2, 0.25) is 0 Å². The number of aryl methyl sites for hydroxylation is 1. The molecule has 0 fully saturated rings. The molecule has 174 valence electrons. The van der Waals surface area contributed by atoms with Gasteiger partial charge >= 0.3 is 0 Å². The number of anilines is 1. The minimum atomic E-state index is -0.159. The molecule has 5 N–H and O–H groups in total. The summed E-state index contributed by atoms with van der Waals surface area (Å²) in [5.74, 6) is 0.261. The van der Waals surface area contributed by atoms with Gasteiger partial charge in [-0.15, -0.1) is 11.3 Å². The quantitative estimate of drug-likeness (QED) is 0.264. The van der Waals surface area contributed by atoms with E-state index in [1.54, 1.807) is 17.4 Å². The largest absolute Gasteiger partial charge is 0.508 e. The Hall–Kier alpha value is -3.35. The highest BCUT2D eigenvalue weighted by molar-refractivity contribution is 7.18. The summed E-state index contributed by atoms with van der Waals surface area (Å²) in [4.78, 5) is 10.1. The minimum Gasteiger partial charge on any atom is -0.508 e. The van der Waals surface area contributed by atoms with Crippen LogP contribution >= 0.6 is 11.3 Å². The first-order valence-electron chi connectivity index (χ1n) is 11.8. The number of thiophene rings is 1. The molecule has 0 saturated heterocycles. The number of nitrogens with two attached hydrogens (primary N) is 1. The Bertz CT molecular complexity index is 1420. The Labute approximate surface area is 203 Å². The molecule has 0 spiro atoms. The van der Waals surface area contributed by atoms with E-state index in [1.807, 2.05) is 18.3 Å². The second kappa shape index (κ2) is 9.87. The van der Waals surface area contributed by atoms with Crippen LogP contribution in [0, 0.1) is 0 Å². The van der Waals surface area contributed by atoms with Gasteiger partial charge in [0.25, 0.3) is 0 Å². The van der Waals surface area contributed by atoms with Crippen molar-refractivity contribution in [2.45, 2.75) is 38.1 Å². The van der Waals surface area contributed by atoms with E-state index in [4.69, 9.17) is 5.73 Å². The monoisotopic (exact) mass is 470 g/mol. The average Bonchev–Trinajstić information content (AvgIpc) is 3.46. The molecule has 0 bridgehead atoms. The predicted molar refractivity (Wildman–Crippen MR) is 143 cm³/mol. The number of aromatic nitrogens is 2. The van der Waals surface area contributed by atoms with Crippen molar-refractivity contribution in [3.63, 3.8) is 0 Å². The molecule has 3 heterocycles. The molecule has 1 aliphatic rings. The number of nitrogens with zero attached hydrogens (tertiary/aromatic N) is 1. The van der Waals surface area contributed by atoms with Crippen molar-refractivity contribution < 1.29 is 5.11 Å². The third-order valence-corrected chi connectivity index (χ3v) is 7.44.